The van der Waals surface area contributed by atoms with E-state index in [1.165, 1.54) is 6.08 Å². The zero-order valence-electron chi connectivity index (χ0n) is 15.2. The molecule has 1 N–H and O–H groups in total. The van der Waals surface area contributed by atoms with Gasteiger partial charge < -0.3 is 14.8 Å². The SMILES string of the molecule is COc1ccc(OC)c(/C=C/C(=O)N[C@H](c2ccccc2)C(C)C)c1. The number of nitrogens with one attached hydrogen (secondary N) is 1. The second-order valence-corrected chi connectivity index (χ2v) is 6.08. The number of hydrogen-bond acceptors (Lipinski definition) is 3. The van der Waals surface area contributed by atoms with E-state index in [2.05, 4.69) is 19.2 Å². The van der Waals surface area contributed by atoms with Gasteiger partial charge in [-0.15, -0.1) is 0 Å². The first kappa shape index (κ1) is 18.6. The Kier molecular flexibility index (Phi) is 6.63. The van der Waals surface area contributed by atoms with Gasteiger partial charge in [-0.2, -0.15) is 0 Å². The maximum Gasteiger partial charge on any atom is 0.244 e. The Labute approximate surface area is 149 Å². The number of ether oxygens (including phenoxy) is 2. The van der Waals surface area contributed by atoms with Crippen molar-refractivity contribution in [1.82, 2.24) is 5.32 Å². The monoisotopic (exact) mass is 339 g/mol. The summed E-state index contributed by atoms with van der Waals surface area (Å²) in [6.45, 7) is 4.18. The molecular formula is C21H25NO3. The third-order valence-electron chi connectivity index (χ3n) is 3.97. The molecular weight excluding hydrogens is 314 g/mol. The molecule has 4 nitrogen and oxygen atoms in total. The summed E-state index contributed by atoms with van der Waals surface area (Å²) in [5.41, 5.74) is 1.89. The van der Waals surface area contributed by atoms with Crippen molar-refractivity contribution in [3.05, 3.63) is 65.7 Å². The van der Waals surface area contributed by atoms with E-state index in [1.807, 2.05) is 48.5 Å². The van der Waals surface area contributed by atoms with Crippen molar-refractivity contribution in [2.45, 2.75) is 19.9 Å². The maximum absolute atomic E-state index is 12.4. The second kappa shape index (κ2) is 8.92. The summed E-state index contributed by atoms with van der Waals surface area (Å²) in [5, 5.41) is 3.07. The number of rotatable bonds is 7. The molecule has 0 spiro atoms. The third kappa shape index (κ3) is 5.11. The van der Waals surface area contributed by atoms with Crippen LogP contribution in [0.25, 0.3) is 6.08 Å². The molecule has 0 bridgehead atoms. The average molecular weight is 339 g/mol. The van der Waals surface area contributed by atoms with Gasteiger partial charge in [-0.25, -0.2) is 0 Å². The minimum atomic E-state index is -0.146. The van der Waals surface area contributed by atoms with Crippen LogP contribution in [0, 0.1) is 5.92 Å². The van der Waals surface area contributed by atoms with Crippen LogP contribution in [-0.2, 0) is 4.79 Å². The van der Waals surface area contributed by atoms with E-state index in [-0.39, 0.29) is 17.9 Å². The van der Waals surface area contributed by atoms with Crippen LogP contribution in [0.2, 0.25) is 0 Å². The van der Waals surface area contributed by atoms with Crippen molar-refractivity contribution in [3.8, 4) is 11.5 Å². The lowest BCUT2D eigenvalue weighted by Gasteiger charge is -2.22. The van der Waals surface area contributed by atoms with Crippen LogP contribution >= 0.6 is 0 Å². The Balaban J connectivity index is 2.14. The maximum atomic E-state index is 12.4. The Morgan fingerprint density at radius 3 is 2.36 bits per heavy atom. The van der Waals surface area contributed by atoms with Crippen LogP contribution in [-0.4, -0.2) is 20.1 Å². The average Bonchev–Trinajstić information content (AvgIpc) is 2.64. The smallest absolute Gasteiger partial charge is 0.244 e. The van der Waals surface area contributed by atoms with Gasteiger partial charge in [0, 0.05) is 11.6 Å². The van der Waals surface area contributed by atoms with E-state index in [0.717, 1.165) is 11.1 Å². The summed E-state index contributed by atoms with van der Waals surface area (Å²) in [5.74, 6) is 1.54. The minimum absolute atomic E-state index is 0.0365. The van der Waals surface area contributed by atoms with Gasteiger partial charge >= 0.3 is 0 Å². The number of amides is 1. The molecule has 4 heteroatoms. The molecule has 0 heterocycles. The molecule has 0 unspecified atom stereocenters. The van der Waals surface area contributed by atoms with Crippen molar-refractivity contribution in [2.24, 2.45) is 5.92 Å². The highest BCUT2D eigenvalue weighted by Gasteiger charge is 2.16. The quantitative estimate of drug-likeness (QED) is 0.768. The number of carbonyl (C=O) groups excluding carboxylic acids is 1. The summed E-state index contributed by atoms with van der Waals surface area (Å²) in [7, 11) is 3.21. The van der Waals surface area contributed by atoms with Gasteiger partial charge in [0.1, 0.15) is 11.5 Å². The van der Waals surface area contributed by atoms with Crippen LogP contribution in [0.4, 0.5) is 0 Å². The van der Waals surface area contributed by atoms with E-state index in [0.29, 0.717) is 11.5 Å². The lowest BCUT2D eigenvalue weighted by atomic mass is 9.96. The van der Waals surface area contributed by atoms with E-state index in [1.54, 1.807) is 20.3 Å². The Hall–Kier alpha value is -2.75. The van der Waals surface area contributed by atoms with Gasteiger partial charge in [0.15, 0.2) is 0 Å². The van der Waals surface area contributed by atoms with Crippen molar-refractivity contribution >= 4 is 12.0 Å². The van der Waals surface area contributed by atoms with Crippen molar-refractivity contribution < 1.29 is 14.3 Å². The summed E-state index contributed by atoms with van der Waals surface area (Å²) >= 11 is 0. The molecule has 0 radical (unpaired) electrons. The number of benzene rings is 2. The number of carbonyl (C=O) groups is 1. The Morgan fingerprint density at radius 1 is 1.04 bits per heavy atom. The first-order valence-electron chi connectivity index (χ1n) is 8.30. The van der Waals surface area contributed by atoms with E-state index in [4.69, 9.17) is 9.47 Å². The summed E-state index contributed by atoms with van der Waals surface area (Å²) in [4.78, 5) is 12.4. The molecule has 0 aliphatic rings. The Bertz CT molecular complexity index is 723. The van der Waals surface area contributed by atoms with Gasteiger partial charge in [0.05, 0.1) is 20.3 Å². The van der Waals surface area contributed by atoms with Gasteiger partial charge in [0.25, 0.3) is 0 Å². The summed E-state index contributed by atoms with van der Waals surface area (Å²) < 4.78 is 10.6. The lowest BCUT2D eigenvalue weighted by molar-refractivity contribution is -0.117. The second-order valence-electron chi connectivity index (χ2n) is 6.08. The first-order chi connectivity index (χ1) is 12.0. The Morgan fingerprint density at radius 2 is 1.76 bits per heavy atom. The highest BCUT2D eigenvalue weighted by atomic mass is 16.5. The molecule has 25 heavy (non-hydrogen) atoms. The normalized spacial score (nSPS) is 12.2. The largest absolute Gasteiger partial charge is 0.497 e. The molecule has 2 aromatic carbocycles. The van der Waals surface area contributed by atoms with Crippen molar-refractivity contribution in [2.75, 3.05) is 14.2 Å². The van der Waals surface area contributed by atoms with Gasteiger partial charge in [-0.1, -0.05) is 44.2 Å². The highest BCUT2D eigenvalue weighted by Crippen LogP contribution is 2.25. The van der Waals surface area contributed by atoms with Crippen LogP contribution in [0.3, 0.4) is 0 Å². The lowest BCUT2D eigenvalue weighted by Crippen LogP contribution is -2.30. The molecule has 1 atom stereocenters. The molecule has 1 amide bonds. The van der Waals surface area contributed by atoms with Crippen LogP contribution in [0.1, 0.15) is 31.0 Å². The van der Waals surface area contributed by atoms with Crippen LogP contribution in [0.15, 0.2) is 54.6 Å². The molecule has 2 rings (SSSR count). The fraction of sp³-hybridized carbons (Fsp3) is 0.286. The molecule has 132 valence electrons. The molecule has 0 aliphatic heterocycles. The van der Waals surface area contributed by atoms with Crippen LogP contribution < -0.4 is 14.8 Å². The number of methoxy groups -OCH3 is 2. The zero-order chi connectivity index (χ0) is 18.2. The molecule has 0 saturated heterocycles. The minimum Gasteiger partial charge on any atom is -0.497 e. The summed E-state index contributed by atoms with van der Waals surface area (Å²) in [6, 6.07) is 15.4. The van der Waals surface area contributed by atoms with Gasteiger partial charge in [-0.3, -0.25) is 4.79 Å². The van der Waals surface area contributed by atoms with Gasteiger partial charge in [0.2, 0.25) is 5.91 Å². The van der Waals surface area contributed by atoms with E-state index in [9.17, 15) is 4.79 Å². The van der Waals surface area contributed by atoms with E-state index < -0.39 is 0 Å². The zero-order valence-corrected chi connectivity index (χ0v) is 15.2. The predicted octanol–water partition coefficient (Wildman–Crippen LogP) is 4.23. The van der Waals surface area contributed by atoms with Crippen LogP contribution in [0.5, 0.6) is 11.5 Å². The number of hydrogen-bond donors (Lipinski definition) is 1. The topological polar surface area (TPSA) is 47.6 Å². The molecule has 2 aromatic rings. The van der Waals surface area contributed by atoms with Crippen molar-refractivity contribution in [1.29, 1.82) is 0 Å². The standard InChI is InChI=1S/C21H25NO3/c1-15(2)21(16-8-6-5-7-9-16)22-20(23)13-10-17-14-18(24-3)11-12-19(17)25-4/h5-15,21H,1-4H3,(H,22,23)/b13-10+/t21-/m0/s1. The fourth-order valence-electron chi connectivity index (χ4n) is 2.63. The highest BCUT2D eigenvalue weighted by molar-refractivity contribution is 5.92. The fourth-order valence-corrected chi connectivity index (χ4v) is 2.63. The molecule has 0 fully saturated rings. The first-order valence-corrected chi connectivity index (χ1v) is 8.30. The predicted molar refractivity (Wildman–Crippen MR) is 101 cm³/mol. The third-order valence-corrected chi connectivity index (χ3v) is 3.97. The molecule has 0 aliphatic carbocycles. The molecule has 0 saturated carbocycles. The molecule has 0 aromatic heterocycles. The van der Waals surface area contributed by atoms with Gasteiger partial charge in [-0.05, 0) is 35.8 Å². The van der Waals surface area contributed by atoms with E-state index >= 15 is 0 Å². The summed E-state index contributed by atoms with van der Waals surface area (Å²) in [6.07, 6.45) is 3.26. The van der Waals surface area contributed by atoms with Crippen molar-refractivity contribution in [3.63, 3.8) is 0 Å².